The fourth-order valence-corrected chi connectivity index (χ4v) is 29.2. The Kier molecular flexibility index (Phi) is 7.10. The van der Waals surface area contributed by atoms with Gasteiger partial charge in [0.2, 0.25) is 0 Å². The summed E-state index contributed by atoms with van der Waals surface area (Å²) in [7, 11) is 16.6. The van der Waals surface area contributed by atoms with Crippen molar-refractivity contribution >= 4 is 25.3 Å². The van der Waals surface area contributed by atoms with Crippen LogP contribution in [0.1, 0.15) is 90.9 Å². The van der Waals surface area contributed by atoms with Crippen LogP contribution in [0, 0.1) is 0 Å². The first-order chi connectivity index (χ1) is 14.3. The summed E-state index contributed by atoms with van der Waals surface area (Å²) in [5.41, 5.74) is 9.94. The van der Waals surface area contributed by atoms with Crippen molar-refractivity contribution in [2.75, 3.05) is 0 Å². The standard InChI is InChI=1S/2C12H17.C2H7Si.2ClH.Ti/c2*1-2-5-10-8-11-6-3-4-7-12(11)9-10;1-3-2;;;/h2*8-9H,2-7H2,1H3;3H,1-2H3;2*1H;/q;;;;;+2/p-2. The van der Waals surface area contributed by atoms with Crippen molar-refractivity contribution in [1.29, 1.82) is 0 Å². The molecule has 0 aromatic heterocycles. The van der Waals surface area contributed by atoms with Crippen LogP contribution in [-0.4, -0.2) is 6.66 Å². The minimum atomic E-state index is -3.98. The fourth-order valence-electron chi connectivity index (χ4n) is 7.17. The van der Waals surface area contributed by atoms with Crippen molar-refractivity contribution in [1.82, 2.24) is 0 Å². The van der Waals surface area contributed by atoms with Crippen molar-refractivity contribution in [3.05, 3.63) is 45.6 Å². The van der Waals surface area contributed by atoms with Gasteiger partial charge in [-0.1, -0.05) is 0 Å². The molecular formula is C26H41Cl2SiTi. The van der Waals surface area contributed by atoms with Crippen LogP contribution < -0.4 is 0 Å². The Morgan fingerprint density at radius 1 is 0.767 bits per heavy atom. The number of hydrogen-bond donors (Lipinski definition) is 0. The van der Waals surface area contributed by atoms with Crippen LogP contribution in [0.2, 0.25) is 21.5 Å². The monoisotopic (exact) mass is 499 g/mol. The zero-order chi connectivity index (χ0) is 21.5. The van der Waals surface area contributed by atoms with Gasteiger partial charge in [-0.15, -0.1) is 0 Å². The Hall–Kier alpha value is 0.471. The van der Waals surface area contributed by atoms with Crippen molar-refractivity contribution in [2.45, 2.75) is 112 Å². The van der Waals surface area contributed by atoms with Crippen molar-refractivity contribution in [3.63, 3.8) is 0 Å². The second kappa shape index (κ2) is 9.02. The zero-order valence-electron chi connectivity index (χ0n) is 19.6. The molecule has 4 aliphatic rings. The first kappa shape index (κ1) is 23.6. The molecule has 0 amide bonds. The quantitative estimate of drug-likeness (QED) is 0.305. The van der Waals surface area contributed by atoms with E-state index in [1.807, 2.05) is 0 Å². The van der Waals surface area contributed by atoms with Gasteiger partial charge in [0.25, 0.3) is 0 Å². The van der Waals surface area contributed by atoms with Crippen LogP contribution in [-0.2, 0) is 12.4 Å². The van der Waals surface area contributed by atoms with Gasteiger partial charge >= 0.3 is 196 Å². The van der Waals surface area contributed by atoms with Crippen molar-refractivity contribution < 1.29 is 12.4 Å². The molecule has 0 spiro atoms. The summed E-state index contributed by atoms with van der Waals surface area (Å²) >= 11 is -3.98. The summed E-state index contributed by atoms with van der Waals surface area (Å²) in [4.78, 5) is 0. The third-order valence-corrected chi connectivity index (χ3v) is 43.9. The molecule has 30 heavy (non-hydrogen) atoms. The Labute approximate surface area is 194 Å². The van der Waals surface area contributed by atoms with Gasteiger partial charge in [-0.05, 0) is 0 Å². The van der Waals surface area contributed by atoms with Gasteiger partial charge in [0.15, 0.2) is 0 Å². The van der Waals surface area contributed by atoms with Gasteiger partial charge in [0, 0.05) is 0 Å². The van der Waals surface area contributed by atoms with Gasteiger partial charge in [0.05, 0.1) is 0 Å². The number of rotatable bonds is 7. The number of hydrogen-bond acceptors (Lipinski definition) is 0. The predicted octanol–water partition coefficient (Wildman–Crippen LogP) is 9.77. The Morgan fingerprint density at radius 3 is 1.53 bits per heavy atom. The maximum absolute atomic E-state index is 8.31. The Bertz CT molecular complexity index is 768. The number of halogens is 2. The number of allylic oxidation sites excluding steroid dienone is 8. The van der Waals surface area contributed by atoms with Gasteiger partial charge in [-0.25, -0.2) is 0 Å². The molecule has 0 aliphatic heterocycles. The topological polar surface area (TPSA) is 0 Å². The molecule has 2 atom stereocenters. The van der Waals surface area contributed by atoms with E-state index in [4.69, 9.17) is 18.6 Å². The molecule has 0 nitrogen and oxygen atoms in total. The maximum atomic E-state index is 8.31. The zero-order valence-corrected chi connectivity index (χ0v) is 23.9. The molecule has 0 bridgehead atoms. The van der Waals surface area contributed by atoms with E-state index in [0.717, 1.165) is 0 Å². The molecule has 0 heterocycles. The molecule has 0 aromatic rings. The van der Waals surface area contributed by atoms with E-state index in [-0.39, 0.29) is 0 Å². The molecule has 4 heteroatoms. The van der Waals surface area contributed by atoms with E-state index in [1.54, 1.807) is 33.4 Å². The first-order valence-corrected chi connectivity index (χ1v) is 24.4. The van der Waals surface area contributed by atoms with Crippen LogP contribution in [0.5, 0.6) is 0 Å². The Morgan fingerprint density at radius 2 is 1.17 bits per heavy atom. The fraction of sp³-hybridized carbons (Fsp3) is 0.692. The van der Waals surface area contributed by atoms with Crippen molar-refractivity contribution in [3.8, 4) is 0 Å². The van der Waals surface area contributed by atoms with Crippen LogP contribution in [0.4, 0.5) is 0 Å². The van der Waals surface area contributed by atoms with Gasteiger partial charge in [0.1, 0.15) is 0 Å². The van der Waals surface area contributed by atoms with E-state index in [1.165, 1.54) is 77.0 Å². The molecule has 0 fully saturated rings. The van der Waals surface area contributed by atoms with E-state index >= 15 is 0 Å². The molecule has 0 saturated carbocycles. The van der Waals surface area contributed by atoms with E-state index in [9.17, 15) is 0 Å². The molecule has 4 rings (SSSR count). The van der Waals surface area contributed by atoms with Gasteiger partial charge < -0.3 is 0 Å². The van der Waals surface area contributed by atoms with Crippen molar-refractivity contribution in [2.24, 2.45) is 0 Å². The Balaban J connectivity index is 1.90. The predicted molar refractivity (Wildman–Crippen MR) is 135 cm³/mol. The second-order valence-electron chi connectivity index (χ2n) is 10.7. The molecular weight excluding hydrogens is 459 g/mol. The minimum absolute atomic E-state index is 0.422. The molecule has 0 aromatic carbocycles. The van der Waals surface area contributed by atoms with Gasteiger partial charge in [-0.2, -0.15) is 0 Å². The molecule has 167 valence electrons. The van der Waals surface area contributed by atoms with Gasteiger partial charge in [-0.3, -0.25) is 0 Å². The normalized spacial score (nSPS) is 28.3. The molecule has 0 N–H and O–H groups in total. The summed E-state index contributed by atoms with van der Waals surface area (Å²) < 4.78 is 0.845. The summed E-state index contributed by atoms with van der Waals surface area (Å²) in [5, 5.41) is 0. The van der Waals surface area contributed by atoms with Crippen LogP contribution in [0.15, 0.2) is 45.6 Å². The summed E-state index contributed by atoms with van der Waals surface area (Å²) in [6, 6.07) is 0. The second-order valence-corrected chi connectivity index (χ2v) is 40.0. The van der Waals surface area contributed by atoms with E-state index in [2.05, 4.69) is 39.1 Å². The third kappa shape index (κ3) is 3.67. The average Bonchev–Trinajstić information content (AvgIpc) is 3.27. The molecule has 0 radical (unpaired) electrons. The third-order valence-electron chi connectivity index (χ3n) is 8.55. The SMILES string of the molecule is CCCC1=CC2=C(CCCC2)[CH]1[Ti]([Cl])([Cl])([CH]1C(CCC)=CC2=C1CCCC2)[SiH](C)C. The molecule has 4 aliphatic carbocycles. The summed E-state index contributed by atoms with van der Waals surface area (Å²) in [6.45, 7) is 8.36. The molecule has 2 unspecified atom stereocenters. The average molecular weight is 500 g/mol. The summed E-state index contributed by atoms with van der Waals surface area (Å²) in [5.74, 6) is 0. The van der Waals surface area contributed by atoms with Crippen LogP contribution in [0.25, 0.3) is 0 Å². The summed E-state index contributed by atoms with van der Waals surface area (Å²) in [6.07, 6.45) is 20.3. The van der Waals surface area contributed by atoms with Crippen LogP contribution >= 0.6 is 18.6 Å². The van der Waals surface area contributed by atoms with E-state index in [0.29, 0.717) is 8.45 Å². The van der Waals surface area contributed by atoms with Crippen LogP contribution in [0.3, 0.4) is 0 Å². The molecule has 0 saturated heterocycles. The van der Waals surface area contributed by atoms with E-state index < -0.39 is 19.1 Å². The first-order valence-electron chi connectivity index (χ1n) is 12.7.